The molecule has 2 aromatic carbocycles. The molecule has 3 aromatic rings. The van der Waals surface area contributed by atoms with Gasteiger partial charge in [0, 0.05) is 18.7 Å². The highest BCUT2D eigenvalue weighted by molar-refractivity contribution is 5.91. The molecule has 4 heteroatoms. The second-order valence-corrected chi connectivity index (χ2v) is 5.08. The lowest BCUT2D eigenvalue weighted by Gasteiger charge is -2.06. The number of carbonyl (C=O) groups excluding carboxylic acids is 1. The molecule has 114 valence electrons. The van der Waals surface area contributed by atoms with E-state index in [2.05, 4.69) is 5.32 Å². The molecule has 0 aliphatic heterocycles. The minimum atomic E-state index is -0.408. The summed E-state index contributed by atoms with van der Waals surface area (Å²) >= 11 is 0. The molecule has 1 heterocycles. The van der Waals surface area contributed by atoms with Crippen molar-refractivity contribution in [3.05, 3.63) is 94.5 Å². The minimum absolute atomic E-state index is 0.0124. The summed E-state index contributed by atoms with van der Waals surface area (Å²) < 4.78 is 5.02. The first-order valence-electron chi connectivity index (χ1n) is 7.24. The Kier molecular flexibility index (Phi) is 4.34. The molecule has 0 fully saturated rings. The van der Waals surface area contributed by atoms with E-state index in [1.165, 1.54) is 18.4 Å². The molecule has 0 spiro atoms. The minimum Gasteiger partial charge on any atom is -0.459 e. The third kappa shape index (κ3) is 3.74. The van der Waals surface area contributed by atoms with Crippen LogP contribution >= 0.6 is 0 Å². The second kappa shape index (κ2) is 6.75. The van der Waals surface area contributed by atoms with Crippen LogP contribution in [0.4, 0.5) is 0 Å². The number of amides is 1. The average molecular weight is 305 g/mol. The van der Waals surface area contributed by atoms with Crippen LogP contribution in [0.2, 0.25) is 0 Å². The predicted molar refractivity (Wildman–Crippen MR) is 88.0 cm³/mol. The van der Waals surface area contributed by atoms with Gasteiger partial charge in [-0.2, -0.15) is 0 Å². The maximum Gasteiger partial charge on any atom is 0.287 e. The molecule has 1 N–H and O–H groups in total. The molecule has 1 aromatic heterocycles. The lowest BCUT2D eigenvalue weighted by molar-refractivity contribution is 0.0920. The van der Waals surface area contributed by atoms with E-state index in [0.29, 0.717) is 6.54 Å². The molecule has 23 heavy (non-hydrogen) atoms. The Morgan fingerprint density at radius 2 is 1.61 bits per heavy atom. The SMILES string of the molecule is O=C(NCc1ccc(-c2ccccc2)cc1)c1cc(=O)cco1. The van der Waals surface area contributed by atoms with Crippen LogP contribution < -0.4 is 10.7 Å². The van der Waals surface area contributed by atoms with Gasteiger partial charge in [0.15, 0.2) is 11.2 Å². The Morgan fingerprint density at radius 3 is 2.30 bits per heavy atom. The zero-order chi connectivity index (χ0) is 16.1. The van der Waals surface area contributed by atoms with Crippen LogP contribution in [-0.2, 0) is 6.54 Å². The van der Waals surface area contributed by atoms with Gasteiger partial charge < -0.3 is 9.73 Å². The first-order valence-corrected chi connectivity index (χ1v) is 7.24. The molecule has 1 amide bonds. The van der Waals surface area contributed by atoms with Crippen molar-refractivity contribution in [1.82, 2.24) is 5.32 Å². The standard InChI is InChI=1S/C19H15NO3/c21-17-10-11-23-18(12-17)19(22)20-13-14-6-8-16(9-7-14)15-4-2-1-3-5-15/h1-12H,13H2,(H,20,22). The summed E-state index contributed by atoms with van der Waals surface area (Å²) in [6.07, 6.45) is 1.21. The molecule has 0 radical (unpaired) electrons. The fourth-order valence-corrected chi connectivity index (χ4v) is 2.22. The van der Waals surface area contributed by atoms with Gasteiger partial charge in [-0.1, -0.05) is 54.6 Å². The largest absolute Gasteiger partial charge is 0.459 e. The number of nitrogens with one attached hydrogen (secondary N) is 1. The Morgan fingerprint density at radius 1 is 0.913 bits per heavy atom. The van der Waals surface area contributed by atoms with E-state index in [9.17, 15) is 9.59 Å². The van der Waals surface area contributed by atoms with Crippen LogP contribution in [0.3, 0.4) is 0 Å². The van der Waals surface area contributed by atoms with E-state index in [-0.39, 0.29) is 11.2 Å². The molecule has 0 aliphatic rings. The fourth-order valence-electron chi connectivity index (χ4n) is 2.22. The molecule has 0 atom stereocenters. The highest BCUT2D eigenvalue weighted by atomic mass is 16.3. The van der Waals surface area contributed by atoms with Crippen molar-refractivity contribution in [2.45, 2.75) is 6.54 Å². The van der Waals surface area contributed by atoms with Crippen molar-refractivity contribution in [1.29, 1.82) is 0 Å². The average Bonchev–Trinajstić information content (AvgIpc) is 2.61. The van der Waals surface area contributed by atoms with Gasteiger partial charge >= 0.3 is 0 Å². The maximum absolute atomic E-state index is 11.9. The fraction of sp³-hybridized carbons (Fsp3) is 0.0526. The number of benzene rings is 2. The summed E-state index contributed by atoms with van der Waals surface area (Å²) in [4.78, 5) is 23.1. The molecule has 0 bridgehead atoms. The molecule has 0 saturated carbocycles. The van der Waals surface area contributed by atoms with Crippen molar-refractivity contribution in [2.75, 3.05) is 0 Å². The van der Waals surface area contributed by atoms with Gasteiger partial charge in [0.05, 0.1) is 6.26 Å². The number of hydrogen-bond donors (Lipinski definition) is 1. The molecular weight excluding hydrogens is 290 g/mol. The van der Waals surface area contributed by atoms with Crippen molar-refractivity contribution in [2.24, 2.45) is 0 Å². The monoisotopic (exact) mass is 305 g/mol. The third-order valence-corrected chi connectivity index (χ3v) is 3.44. The van der Waals surface area contributed by atoms with E-state index in [1.54, 1.807) is 0 Å². The van der Waals surface area contributed by atoms with Crippen LogP contribution in [0.1, 0.15) is 16.1 Å². The second-order valence-electron chi connectivity index (χ2n) is 5.08. The smallest absolute Gasteiger partial charge is 0.287 e. The van der Waals surface area contributed by atoms with Crippen molar-refractivity contribution >= 4 is 5.91 Å². The zero-order valence-electron chi connectivity index (χ0n) is 12.4. The summed E-state index contributed by atoms with van der Waals surface area (Å²) in [5, 5.41) is 2.73. The Bertz CT molecular complexity index is 852. The Hall–Kier alpha value is -3.14. The summed E-state index contributed by atoms with van der Waals surface area (Å²) in [6, 6.07) is 20.5. The van der Waals surface area contributed by atoms with Gasteiger partial charge in [0.25, 0.3) is 5.91 Å². The summed E-state index contributed by atoms with van der Waals surface area (Å²) in [5.74, 6) is -0.395. The van der Waals surface area contributed by atoms with Crippen LogP contribution in [0.15, 0.2) is 82.2 Å². The van der Waals surface area contributed by atoms with E-state index in [4.69, 9.17) is 4.42 Å². The molecule has 3 rings (SSSR count). The zero-order valence-corrected chi connectivity index (χ0v) is 12.4. The normalized spacial score (nSPS) is 10.3. The highest BCUT2D eigenvalue weighted by Crippen LogP contribution is 2.19. The summed E-state index contributed by atoms with van der Waals surface area (Å²) in [7, 11) is 0. The van der Waals surface area contributed by atoms with Gasteiger partial charge in [-0.3, -0.25) is 9.59 Å². The number of carbonyl (C=O) groups is 1. The van der Waals surface area contributed by atoms with Gasteiger partial charge in [-0.15, -0.1) is 0 Å². The highest BCUT2D eigenvalue weighted by Gasteiger charge is 2.08. The third-order valence-electron chi connectivity index (χ3n) is 3.44. The van der Waals surface area contributed by atoms with Crippen molar-refractivity contribution < 1.29 is 9.21 Å². The van der Waals surface area contributed by atoms with E-state index in [0.717, 1.165) is 16.7 Å². The first-order chi connectivity index (χ1) is 11.2. The van der Waals surface area contributed by atoms with E-state index < -0.39 is 5.91 Å². The Balaban J connectivity index is 1.65. The van der Waals surface area contributed by atoms with Crippen LogP contribution in [-0.4, -0.2) is 5.91 Å². The summed E-state index contributed by atoms with van der Waals surface area (Å²) in [5.41, 5.74) is 2.98. The topological polar surface area (TPSA) is 59.3 Å². The molecule has 0 unspecified atom stereocenters. The predicted octanol–water partition coefficient (Wildman–Crippen LogP) is 3.24. The first kappa shape index (κ1) is 14.8. The van der Waals surface area contributed by atoms with Crippen LogP contribution in [0.5, 0.6) is 0 Å². The van der Waals surface area contributed by atoms with Gasteiger partial charge in [-0.05, 0) is 16.7 Å². The lowest BCUT2D eigenvalue weighted by Crippen LogP contribution is -2.23. The maximum atomic E-state index is 11.9. The Labute approximate surface area is 133 Å². The van der Waals surface area contributed by atoms with Gasteiger partial charge in [0.2, 0.25) is 0 Å². The van der Waals surface area contributed by atoms with Crippen LogP contribution in [0, 0.1) is 0 Å². The van der Waals surface area contributed by atoms with Crippen molar-refractivity contribution in [3.8, 4) is 11.1 Å². The lowest BCUT2D eigenvalue weighted by atomic mass is 10.0. The van der Waals surface area contributed by atoms with E-state index in [1.807, 2.05) is 54.6 Å². The number of rotatable bonds is 4. The molecule has 0 saturated heterocycles. The van der Waals surface area contributed by atoms with E-state index >= 15 is 0 Å². The molecule has 4 nitrogen and oxygen atoms in total. The van der Waals surface area contributed by atoms with Crippen LogP contribution in [0.25, 0.3) is 11.1 Å². The van der Waals surface area contributed by atoms with Gasteiger partial charge in [-0.25, -0.2) is 0 Å². The molecular formula is C19H15NO3. The quantitative estimate of drug-likeness (QED) is 0.805. The molecule has 0 aliphatic carbocycles. The number of hydrogen-bond acceptors (Lipinski definition) is 3. The summed E-state index contributed by atoms with van der Waals surface area (Å²) in [6.45, 7) is 0.368. The van der Waals surface area contributed by atoms with Gasteiger partial charge in [0.1, 0.15) is 0 Å². The van der Waals surface area contributed by atoms with Crippen molar-refractivity contribution in [3.63, 3.8) is 0 Å².